The molecule has 0 amide bonds. The second kappa shape index (κ2) is 5.87. The average molecular weight is 337 g/mol. The summed E-state index contributed by atoms with van der Waals surface area (Å²) in [6, 6.07) is 8.75. The molecule has 0 N–H and O–H groups in total. The fourth-order valence-corrected chi connectivity index (χ4v) is 6.18. The molecule has 2 aliphatic rings. The van der Waals surface area contributed by atoms with Crippen molar-refractivity contribution < 1.29 is 13.2 Å². The summed E-state index contributed by atoms with van der Waals surface area (Å²) in [5.41, 5.74) is 0.570. The third kappa shape index (κ3) is 3.06. The van der Waals surface area contributed by atoms with E-state index in [4.69, 9.17) is 4.74 Å². The van der Waals surface area contributed by atoms with Gasteiger partial charge in [0.25, 0.3) is 0 Å². The van der Waals surface area contributed by atoms with Gasteiger partial charge in [0.05, 0.1) is 17.3 Å². The molecule has 128 valence electrons. The molecule has 0 spiro atoms. The fraction of sp³-hybridized carbons (Fsp3) is 0.667. The van der Waals surface area contributed by atoms with E-state index in [2.05, 4.69) is 18.7 Å². The van der Waals surface area contributed by atoms with Gasteiger partial charge in [-0.3, -0.25) is 0 Å². The van der Waals surface area contributed by atoms with Gasteiger partial charge in [0, 0.05) is 32.2 Å². The first-order chi connectivity index (χ1) is 10.8. The predicted molar refractivity (Wildman–Crippen MR) is 91.1 cm³/mol. The van der Waals surface area contributed by atoms with Gasteiger partial charge >= 0.3 is 0 Å². The van der Waals surface area contributed by atoms with E-state index in [9.17, 15) is 8.42 Å². The number of ether oxygens (including phenoxy) is 1. The third-order valence-corrected chi connectivity index (χ3v) is 7.39. The van der Waals surface area contributed by atoms with Crippen LogP contribution in [0.15, 0.2) is 35.2 Å². The Labute approximate surface area is 139 Å². The van der Waals surface area contributed by atoms with E-state index < -0.39 is 9.84 Å². The highest BCUT2D eigenvalue weighted by Crippen LogP contribution is 2.62. The molecule has 5 heteroatoms. The summed E-state index contributed by atoms with van der Waals surface area (Å²) in [5.74, 6) is 0.794. The van der Waals surface area contributed by atoms with E-state index in [1.807, 2.05) is 6.07 Å². The van der Waals surface area contributed by atoms with Crippen LogP contribution in [0.1, 0.15) is 20.3 Å². The van der Waals surface area contributed by atoms with Crippen LogP contribution in [-0.2, 0) is 14.6 Å². The van der Waals surface area contributed by atoms with Gasteiger partial charge < -0.3 is 9.64 Å². The van der Waals surface area contributed by atoms with E-state index in [0.717, 1.165) is 19.7 Å². The van der Waals surface area contributed by atoms with Crippen LogP contribution in [0.2, 0.25) is 0 Å². The van der Waals surface area contributed by atoms with E-state index >= 15 is 0 Å². The lowest BCUT2D eigenvalue weighted by atomic mass is 9.48. The highest BCUT2D eigenvalue weighted by molar-refractivity contribution is 7.91. The number of hydrogen-bond acceptors (Lipinski definition) is 4. The van der Waals surface area contributed by atoms with E-state index in [0.29, 0.717) is 22.8 Å². The van der Waals surface area contributed by atoms with Crippen LogP contribution in [0.3, 0.4) is 0 Å². The summed E-state index contributed by atoms with van der Waals surface area (Å²) in [4.78, 5) is 2.74. The first kappa shape index (κ1) is 16.9. The van der Waals surface area contributed by atoms with Crippen LogP contribution in [0.4, 0.5) is 0 Å². The first-order valence-corrected chi connectivity index (χ1v) is 9.93. The monoisotopic (exact) mass is 337 g/mol. The van der Waals surface area contributed by atoms with Gasteiger partial charge in [-0.2, -0.15) is 0 Å². The van der Waals surface area contributed by atoms with Gasteiger partial charge in [-0.05, 0) is 29.9 Å². The summed E-state index contributed by atoms with van der Waals surface area (Å²) in [5, 5.41) is 0. The zero-order valence-electron chi connectivity index (χ0n) is 14.3. The number of nitrogens with zero attached hydrogens (tertiary/aromatic N) is 1. The molecule has 0 unspecified atom stereocenters. The number of likely N-dealkylation sites (tertiary alicyclic amines) is 1. The molecule has 1 saturated carbocycles. The van der Waals surface area contributed by atoms with E-state index in [-0.39, 0.29) is 11.2 Å². The van der Waals surface area contributed by atoms with Crippen molar-refractivity contribution in [2.45, 2.75) is 25.2 Å². The van der Waals surface area contributed by atoms with Crippen molar-refractivity contribution in [2.24, 2.45) is 16.7 Å². The van der Waals surface area contributed by atoms with Gasteiger partial charge in [-0.25, -0.2) is 8.42 Å². The fourth-order valence-electron chi connectivity index (χ4n) is 4.88. The van der Waals surface area contributed by atoms with Crippen LogP contribution in [0, 0.1) is 16.7 Å². The van der Waals surface area contributed by atoms with Crippen LogP contribution in [0.5, 0.6) is 0 Å². The lowest BCUT2D eigenvalue weighted by Crippen LogP contribution is -2.55. The number of fused-ring (bicyclic) bond motifs is 1. The molecule has 0 aromatic heterocycles. The minimum absolute atomic E-state index is 0.188. The van der Waals surface area contributed by atoms with Gasteiger partial charge in [0.15, 0.2) is 9.84 Å². The molecule has 3 rings (SSSR count). The number of methoxy groups -OCH3 is 1. The highest BCUT2D eigenvalue weighted by atomic mass is 32.2. The SMILES string of the molecule is COC[C@@]12CN(CCS(=O)(=O)c3ccccc3)C[C@@H]1C(C)(C)C2. The topological polar surface area (TPSA) is 46.6 Å². The molecule has 1 aromatic carbocycles. The Morgan fingerprint density at radius 1 is 1.26 bits per heavy atom. The molecule has 0 radical (unpaired) electrons. The van der Waals surface area contributed by atoms with Crippen molar-refractivity contribution in [3.05, 3.63) is 30.3 Å². The maximum Gasteiger partial charge on any atom is 0.179 e. The molecule has 4 nitrogen and oxygen atoms in total. The molecule has 2 atom stereocenters. The lowest BCUT2D eigenvalue weighted by Gasteiger charge is -2.56. The van der Waals surface area contributed by atoms with Crippen molar-refractivity contribution in [1.82, 2.24) is 4.90 Å². The summed E-state index contributed by atoms with van der Waals surface area (Å²) < 4.78 is 30.4. The predicted octanol–water partition coefficient (Wildman–Crippen LogP) is 2.45. The minimum Gasteiger partial charge on any atom is -0.384 e. The maximum absolute atomic E-state index is 12.4. The highest BCUT2D eigenvalue weighted by Gasteiger charge is 2.62. The number of sulfone groups is 1. The Hall–Kier alpha value is -0.910. The normalized spacial score (nSPS) is 30.0. The second-order valence-corrected chi connectivity index (χ2v) is 9.99. The number of benzene rings is 1. The maximum atomic E-state index is 12.4. The zero-order valence-corrected chi connectivity index (χ0v) is 15.1. The van der Waals surface area contributed by atoms with Crippen LogP contribution < -0.4 is 0 Å². The molecular formula is C18H27NO3S. The Bertz CT molecular complexity index is 656. The van der Waals surface area contributed by atoms with Crippen molar-refractivity contribution in [3.8, 4) is 0 Å². The molecule has 1 saturated heterocycles. The largest absolute Gasteiger partial charge is 0.384 e. The van der Waals surface area contributed by atoms with Gasteiger partial charge in [-0.1, -0.05) is 32.0 Å². The number of hydrogen-bond donors (Lipinski definition) is 0. The third-order valence-electron chi connectivity index (χ3n) is 5.68. The van der Waals surface area contributed by atoms with Gasteiger partial charge in [0.2, 0.25) is 0 Å². The molecule has 1 heterocycles. The van der Waals surface area contributed by atoms with Crippen molar-refractivity contribution >= 4 is 9.84 Å². The molecule has 1 aromatic rings. The van der Waals surface area contributed by atoms with Gasteiger partial charge in [0.1, 0.15) is 0 Å². The van der Waals surface area contributed by atoms with E-state index in [1.165, 1.54) is 6.42 Å². The summed E-state index contributed by atoms with van der Waals surface area (Å²) >= 11 is 0. The smallest absolute Gasteiger partial charge is 0.179 e. The molecule has 1 aliphatic heterocycles. The summed E-state index contributed by atoms with van der Waals surface area (Å²) in [7, 11) is -1.43. The Morgan fingerprint density at radius 3 is 2.57 bits per heavy atom. The molecular weight excluding hydrogens is 310 g/mol. The second-order valence-electron chi connectivity index (χ2n) is 7.88. The minimum atomic E-state index is -3.20. The number of rotatable bonds is 6. The van der Waals surface area contributed by atoms with Crippen LogP contribution >= 0.6 is 0 Å². The molecule has 2 fully saturated rings. The first-order valence-electron chi connectivity index (χ1n) is 8.28. The van der Waals surface area contributed by atoms with E-state index in [1.54, 1.807) is 31.4 Å². The molecule has 1 aliphatic carbocycles. The Balaban J connectivity index is 1.64. The van der Waals surface area contributed by atoms with Crippen molar-refractivity contribution in [1.29, 1.82) is 0 Å². The molecule has 0 bridgehead atoms. The Kier molecular flexibility index (Phi) is 4.32. The summed E-state index contributed by atoms with van der Waals surface area (Å²) in [6.45, 7) is 7.96. The quantitative estimate of drug-likeness (QED) is 0.800. The zero-order chi connectivity index (χ0) is 16.7. The Morgan fingerprint density at radius 2 is 1.96 bits per heavy atom. The molecule has 23 heavy (non-hydrogen) atoms. The van der Waals surface area contributed by atoms with Crippen molar-refractivity contribution in [3.63, 3.8) is 0 Å². The van der Waals surface area contributed by atoms with Crippen LogP contribution in [0.25, 0.3) is 0 Å². The lowest BCUT2D eigenvalue weighted by molar-refractivity contribution is -0.107. The summed E-state index contributed by atoms with van der Waals surface area (Å²) in [6.07, 6.45) is 1.17. The van der Waals surface area contributed by atoms with Crippen LogP contribution in [-0.4, -0.2) is 52.4 Å². The van der Waals surface area contributed by atoms with Gasteiger partial charge in [-0.15, -0.1) is 0 Å². The average Bonchev–Trinajstić information content (AvgIpc) is 2.81. The standard InChI is InChI=1S/C18H27NO3S/c1-17(2)12-18(14-22-3)13-19(11-16(17)18)9-10-23(20,21)15-7-5-4-6-8-15/h4-8,16H,9-14H2,1-3H3/t16-,18-/m1/s1. The van der Waals surface area contributed by atoms with Crippen molar-refractivity contribution in [2.75, 3.05) is 39.1 Å².